The summed E-state index contributed by atoms with van der Waals surface area (Å²) in [4.78, 5) is 22.9. The highest BCUT2D eigenvalue weighted by Crippen LogP contribution is 2.28. The van der Waals surface area contributed by atoms with Crippen LogP contribution in [0, 0.1) is 0 Å². The van der Waals surface area contributed by atoms with Crippen molar-refractivity contribution in [1.82, 2.24) is 14.9 Å². The Hall–Kier alpha value is -2.47. The highest BCUT2D eigenvalue weighted by atomic mass is 32.2. The van der Waals surface area contributed by atoms with Gasteiger partial charge in [-0.15, -0.1) is 11.8 Å². The van der Waals surface area contributed by atoms with E-state index in [-0.39, 0.29) is 12.0 Å². The molecule has 1 saturated heterocycles. The van der Waals surface area contributed by atoms with E-state index >= 15 is 0 Å². The number of hydrogen-bond donors (Lipinski definition) is 1. The van der Waals surface area contributed by atoms with E-state index in [4.69, 9.17) is 4.74 Å². The largest absolute Gasteiger partial charge is 0.472 e. The number of benzene rings is 1. The lowest BCUT2D eigenvalue weighted by Crippen LogP contribution is -2.32. The Bertz CT molecular complexity index is 865. The first-order valence-corrected chi connectivity index (χ1v) is 9.32. The van der Waals surface area contributed by atoms with Gasteiger partial charge in [-0.05, 0) is 12.1 Å². The summed E-state index contributed by atoms with van der Waals surface area (Å²) in [5.74, 6) is 1.22. The van der Waals surface area contributed by atoms with Gasteiger partial charge in [-0.3, -0.25) is 4.79 Å². The van der Waals surface area contributed by atoms with Gasteiger partial charge in [0.25, 0.3) is 0 Å². The van der Waals surface area contributed by atoms with Gasteiger partial charge in [0.05, 0.1) is 12.3 Å². The Labute approximate surface area is 150 Å². The number of pyridine rings is 1. The molecule has 0 radical (unpaired) electrons. The molecular formula is C19H19N3O2S. The van der Waals surface area contributed by atoms with Gasteiger partial charge in [0.2, 0.25) is 11.8 Å². The molecule has 0 bridgehead atoms. The number of carbonyl (C=O) groups excluding carboxylic acids is 1. The van der Waals surface area contributed by atoms with Crippen molar-refractivity contribution in [2.75, 3.05) is 18.8 Å². The minimum atomic E-state index is 0.0249. The van der Waals surface area contributed by atoms with Gasteiger partial charge in [-0.25, -0.2) is 4.98 Å². The Morgan fingerprint density at radius 3 is 3.04 bits per heavy atom. The molecule has 4 rings (SSSR count). The second-order valence-corrected chi connectivity index (χ2v) is 7.04. The molecule has 3 aromatic rings. The zero-order valence-electron chi connectivity index (χ0n) is 13.7. The third-order valence-corrected chi connectivity index (χ3v) is 5.37. The van der Waals surface area contributed by atoms with Crippen LogP contribution in [-0.4, -0.2) is 45.7 Å². The average molecular weight is 353 g/mol. The SMILES string of the molecule is O=C(CSc1c[nH]c2ccccc12)N1CC[C@H](Oc2ccccn2)C1. The minimum Gasteiger partial charge on any atom is -0.472 e. The number of carbonyl (C=O) groups is 1. The van der Waals surface area contributed by atoms with Crippen molar-refractivity contribution in [3.8, 4) is 5.88 Å². The highest BCUT2D eigenvalue weighted by Gasteiger charge is 2.27. The molecule has 3 heterocycles. The van der Waals surface area contributed by atoms with E-state index in [1.807, 2.05) is 47.5 Å². The van der Waals surface area contributed by atoms with E-state index in [0.717, 1.165) is 28.8 Å². The summed E-state index contributed by atoms with van der Waals surface area (Å²) in [6.07, 6.45) is 4.56. The van der Waals surface area contributed by atoms with Crippen LogP contribution in [-0.2, 0) is 4.79 Å². The third kappa shape index (κ3) is 3.64. The predicted molar refractivity (Wildman–Crippen MR) is 98.9 cm³/mol. The van der Waals surface area contributed by atoms with Crippen LogP contribution in [0.15, 0.2) is 59.8 Å². The van der Waals surface area contributed by atoms with Crippen molar-refractivity contribution in [2.45, 2.75) is 17.4 Å². The molecular weight excluding hydrogens is 334 g/mol. The zero-order chi connectivity index (χ0) is 17.1. The van der Waals surface area contributed by atoms with Crippen molar-refractivity contribution in [2.24, 2.45) is 0 Å². The van der Waals surface area contributed by atoms with Gasteiger partial charge in [-0.2, -0.15) is 0 Å². The lowest BCUT2D eigenvalue weighted by Gasteiger charge is -2.16. The molecule has 0 unspecified atom stereocenters. The number of likely N-dealkylation sites (tertiary alicyclic amines) is 1. The maximum absolute atomic E-state index is 12.5. The van der Waals surface area contributed by atoms with E-state index in [9.17, 15) is 4.79 Å². The topological polar surface area (TPSA) is 58.2 Å². The summed E-state index contributed by atoms with van der Waals surface area (Å²) >= 11 is 1.58. The molecule has 1 aliphatic rings. The van der Waals surface area contributed by atoms with E-state index in [0.29, 0.717) is 18.2 Å². The van der Waals surface area contributed by atoms with Crippen molar-refractivity contribution in [3.05, 3.63) is 54.9 Å². The number of aromatic nitrogens is 2. The number of para-hydroxylation sites is 1. The van der Waals surface area contributed by atoms with Gasteiger partial charge in [0, 0.05) is 47.2 Å². The third-order valence-electron chi connectivity index (χ3n) is 4.33. The molecule has 0 saturated carbocycles. The normalized spacial score (nSPS) is 17.1. The fraction of sp³-hybridized carbons (Fsp3) is 0.263. The smallest absolute Gasteiger partial charge is 0.233 e. The Balaban J connectivity index is 1.31. The number of rotatable bonds is 5. The first-order valence-electron chi connectivity index (χ1n) is 8.34. The summed E-state index contributed by atoms with van der Waals surface area (Å²) in [5, 5.41) is 1.16. The lowest BCUT2D eigenvalue weighted by atomic mass is 10.2. The number of fused-ring (bicyclic) bond motifs is 1. The molecule has 1 fully saturated rings. The summed E-state index contributed by atoms with van der Waals surface area (Å²) < 4.78 is 5.85. The Morgan fingerprint density at radius 1 is 1.28 bits per heavy atom. The summed E-state index contributed by atoms with van der Waals surface area (Å²) in [7, 11) is 0. The maximum Gasteiger partial charge on any atom is 0.233 e. The fourth-order valence-corrected chi connectivity index (χ4v) is 3.97. The molecule has 1 amide bonds. The lowest BCUT2D eigenvalue weighted by molar-refractivity contribution is -0.127. The highest BCUT2D eigenvalue weighted by molar-refractivity contribution is 8.00. The molecule has 25 heavy (non-hydrogen) atoms. The van der Waals surface area contributed by atoms with E-state index in [2.05, 4.69) is 16.0 Å². The number of nitrogens with one attached hydrogen (secondary N) is 1. The average Bonchev–Trinajstić information content (AvgIpc) is 3.28. The van der Waals surface area contributed by atoms with Gasteiger partial charge >= 0.3 is 0 Å². The van der Waals surface area contributed by atoms with Gasteiger partial charge in [-0.1, -0.05) is 24.3 Å². The molecule has 6 heteroatoms. The fourth-order valence-electron chi connectivity index (χ4n) is 3.03. The van der Waals surface area contributed by atoms with Crippen LogP contribution in [0.2, 0.25) is 0 Å². The monoisotopic (exact) mass is 353 g/mol. The van der Waals surface area contributed by atoms with Crippen molar-refractivity contribution >= 4 is 28.6 Å². The molecule has 1 N–H and O–H groups in total. The van der Waals surface area contributed by atoms with Gasteiger partial charge < -0.3 is 14.6 Å². The molecule has 0 spiro atoms. The number of thioether (sulfide) groups is 1. The molecule has 2 aromatic heterocycles. The second-order valence-electron chi connectivity index (χ2n) is 6.02. The molecule has 0 aliphatic carbocycles. The van der Waals surface area contributed by atoms with Crippen molar-refractivity contribution in [3.63, 3.8) is 0 Å². The summed E-state index contributed by atoms with van der Waals surface area (Å²) in [6, 6.07) is 13.7. The standard InChI is InChI=1S/C19H19N3O2S/c23-19(13-25-17-11-21-16-6-2-1-5-15(16)17)22-10-8-14(12-22)24-18-7-3-4-9-20-18/h1-7,9,11,14,21H,8,10,12-13H2/t14-/m0/s1. The van der Waals surface area contributed by atoms with Crippen LogP contribution in [0.1, 0.15) is 6.42 Å². The zero-order valence-corrected chi connectivity index (χ0v) is 14.5. The van der Waals surface area contributed by atoms with Crippen LogP contribution >= 0.6 is 11.8 Å². The van der Waals surface area contributed by atoms with E-state index < -0.39 is 0 Å². The molecule has 1 atom stereocenters. The van der Waals surface area contributed by atoms with E-state index in [1.54, 1.807) is 18.0 Å². The number of nitrogens with zero attached hydrogens (tertiary/aromatic N) is 2. The van der Waals surface area contributed by atoms with E-state index in [1.165, 1.54) is 0 Å². The molecule has 128 valence electrons. The number of ether oxygens (including phenoxy) is 1. The summed E-state index contributed by atoms with van der Waals surface area (Å²) in [5.41, 5.74) is 1.10. The minimum absolute atomic E-state index is 0.0249. The second kappa shape index (κ2) is 7.19. The summed E-state index contributed by atoms with van der Waals surface area (Å²) in [6.45, 7) is 1.37. The van der Waals surface area contributed by atoms with Gasteiger partial charge in [0.15, 0.2) is 0 Å². The Morgan fingerprint density at radius 2 is 2.16 bits per heavy atom. The predicted octanol–water partition coefficient (Wildman–Crippen LogP) is 3.33. The first kappa shape index (κ1) is 16.0. The van der Waals surface area contributed by atoms with Crippen LogP contribution in [0.25, 0.3) is 10.9 Å². The van der Waals surface area contributed by atoms with Crippen LogP contribution in [0.5, 0.6) is 5.88 Å². The number of H-pyrrole nitrogens is 1. The molecule has 1 aliphatic heterocycles. The first-order chi connectivity index (χ1) is 12.3. The molecule has 1 aromatic carbocycles. The number of hydrogen-bond acceptors (Lipinski definition) is 4. The van der Waals surface area contributed by atoms with Crippen molar-refractivity contribution in [1.29, 1.82) is 0 Å². The maximum atomic E-state index is 12.5. The van der Waals surface area contributed by atoms with Crippen LogP contribution in [0.4, 0.5) is 0 Å². The van der Waals surface area contributed by atoms with Crippen molar-refractivity contribution < 1.29 is 9.53 Å². The molecule has 5 nitrogen and oxygen atoms in total. The van der Waals surface area contributed by atoms with Crippen LogP contribution in [0.3, 0.4) is 0 Å². The Kier molecular flexibility index (Phi) is 4.61. The number of amides is 1. The number of aromatic amines is 1. The van der Waals surface area contributed by atoms with Gasteiger partial charge in [0.1, 0.15) is 6.10 Å². The van der Waals surface area contributed by atoms with Crippen LogP contribution < -0.4 is 4.74 Å². The quantitative estimate of drug-likeness (QED) is 0.715.